The van der Waals surface area contributed by atoms with Gasteiger partial charge in [0.15, 0.2) is 5.11 Å². The number of benzene rings is 2. The van der Waals surface area contributed by atoms with E-state index in [9.17, 15) is 8.42 Å². The Morgan fingerprint density at radius 3 is 2.45 bits per heavy atom. The summed E-state index contributed by atoms with van der Waals surface area (Å²) in [4.78, 5) is 6.66. The molecule has 2 atom stereocenters. The first-order chi connectivity index (χ1) is 19.1. The van der Waals surface area contributed by atoms with E-state index in [1.807, 2.05) is 53.4 Å². The Kier molecular flexibility index (Phi) is 7.43. The second-order valence-electron chi connectivity index (χ2n) is 9.62. The zero-order valence-corrected chi connectivity index (χ0v) is 24.5. The van der Waals surface area contributed by atoms with Crippen LogP contribution in [0.3, 0.4) is 0 Å². The Hall–Kier alpha value is -4.09. The molecule has 11 heteroatoms. The smallest absolute Gasteiger partial charge is 0.229 e. The molecule has 5 rings (SSSR count). The molecular formula is C29H31N5O4S2. The lowest BCUT2D eigenvalue weighted by atomic mass is 9.96. The molecule has 1 saturated heterocycles. The molecule has 3 heterocycles. The Balaban J connectivity index is 1.68. The third-order valence-corrected chi connectivity index (χ3v) is 7.86. The van der Waals surface area contributed by atoms with Gasteiger partial charge in [-0.3, -0.25) is 9.71 Å². The minimum absolute atomic E-state index is 0.263. The quantitative estimate of drug-likeness (QED) is 0.281. The van der Waals surface area contributed by atoms with E-state index in [1.165, 1.54) is 7.11 Å². The van der Waals surface area contributed by atoms with Gasteiger partial charge in [0.2, 0.25) is 10.0 Å². The van der Waals surface area contributed by atoms with Crippen molar-refractivity contribution in [3.05, 3.63) is 95.6 Å². The first-order valence-electron chi connectivity index (χ1n) is 12.6. The fourth-order valence-electron chi connectivity index (χ4n) is 5.31. The number of nitrogens with one attached hydrogen (secondary N) is 2. The Labute approximate surface area is 239 Å². The van der Waals surface area contributed by atoms with Gasteiger partial charge in [0.05, 0.1) is 43.9 Å². The van der Waals surface area contributed by atoms with E-state index in [1.54, 1.807) is 25.4 Å². The monoisotopic (exact) mass is 577 g/mol. The molecule has 2 aromatic heterocycles. The van der Waals surface area contributed by atoms with Gasteiger partial charge in [0, 0.05) is 35.0 Å². The maximum atomic E-state index is 12.1. The van der Waals surface area contributed by atoms with Crippen molar-refractivity contribution in [3.8, 4) is 17.2 Å². The number of ether oxygens (including phenoxy) is 2. The summed E-state index contributed by atoms with van der Waals surface area (Å²) in [7, 11) is -0.396. The lowest BCUT2D eigenvalue weighted by molar-refractivity contribution is 0.414. The van der Waals surface area contributed by atoms with Crippen LogP contribution in [0.25, 0.3) is 5.69 Å². The first kappa shape index (κ1) is 27.5. The highest BCUT2D eigenvalue weighted by atomic mass is 32.2. The second kappa shape index (κ2) is 10.8. The van der Waals surface area contributed by atoms with Gasteiger partial charge in [-0.05, 0) is 80.2 Å². The fourth-order valence-corrected chi connectivity index (χ4v) is 6.21. The summed E-state index contributed by atoms with van der Waals surface area (Å²) < 4.78 is 39.9. The van der Waals surface area contributed by atoms with E-state index in [4.69, 9.17) is 21.7 Å². The van der Waals surface area contributed by atoms with Crippen molar-refractivity contribution < 1.29 is 17.9 Å². The third-order valence-electron chi connectivity index (χ3n) is 6.96. The molecule has 2 N–H and O–H groups in total. The van der Waals surface area contributed by atoms with E-state index >= 15 is 0 Å². The number of aryl methyl sites for hydroxylation is 1. The van der Waals surface area contributed by atoms with E-state index in [-0.39, 0.29) is 12.1 Å². The highest BCUT2D eigenvalue weighted by Gasteiger charge is 2.42. The van der Waals surface area contributed by atoms with Crippen LogP contribution in [0.4, 0.5) is 11.4 Å². The van der Waals surface area contributed by atoms with Crippen molar-refractivity contribution in [1.29, 1.82) is 0 Å². The summed E-state index contributed by atoms with van der Waals surface area (Å²) in [5, 5.41) is 3.98. The van der Waals surface area contributed by atoms with Crippen molar-refractivity contribution in [1.82, 2.24) is 14.9 Å². The van der Waals surface area contributed by atoms with Crippen molar-refractivity contribution in [2.75, 3.05) is 30.1 Å². The second-order valence-corrected chi connectivity index (χ2v) is 11.8. The van der Waals surface area contributed by atoms with Crippen LogP contribution in [-0.2, 0) is 10.0 Å². The van der Waals surface area contributed by atoms with Crippen LogP contribution in [0.2, 0.25) is 0 Å². The average Bonchev–Trinajstić information content (AvgIpc) is 3.43. The molecule has 1 aliphatic heterocycles. The Morgan fingerprint density at radius 1 is 0.975 bits per heavy atom. The highest BCUT2D eigenvalue weighted by Crippen LogP contribution is 2.45. The number of thiocarbonyl (C=S) groups is 1. The van der Waals surface area contributed by atoms with Crippen LogP contribution in [0.15, 0.2) is 72.9 Å². The van der Waals surface area contributed by atoms with Gasteiger partial charge in [-0.1, -0.05) is 12.1 Å². The topological polar surface area (TPSA) is 97.7 Å². The average molecular weight is 578 g/mol. The number of rotatable bonds is 8. The summed E-state index contributed by atoms with van der Waals surface area (Å²) in [6.07, 6.45) is 2.87. The third kappa shape index (κ3) is 5.22. The Morgan fingerprint density at radius 2 is 1.77 bits per heavy atom. The lowest BCUT2D eigenvalue weighted by Crippen LogP contribution is -2.29. The molecule has 0 unspecified atom stereocenters. The van der Waals surface area contributed by atoms with Crippen LogP contribution < -0.4 is 24.4 Å². The highest BCUT2D eigenvalue weighted by molar-refractivity contribution is 7.92. The van der Waals surface area contributed by atoms with Crippen LogP contribution >= 0.6 is 12.2 Å². The molecular weight excluding hydrogens is 546 g/mol. The van der Waals surface area contributed by atoms with Gasteiger partial charge in [0.25, 0.3) is 0 Å². The molecule has 0 bridgehead atoms. The molecule has 9 nitrogen and oxygen atoms in total. The predicted octanol–water partition coefficient (Wildman–Crippen LogP) is 5.05. The van der Waals surface area contributed by atoms with Crippen LogP contribution in [0, 0.1) is 13.8 Å². The minimum Gasteiger partial charge on any atom is -0.497 e. The Bertz CT molecular complexity index is 1670. The van der Waals surface area contributed by atoms with Crippen LogP contribution in [-0.4, -0.2) is 43.6 Å². The number of sulfonamides is 1. The number of hydrogen-bond donors (Lipinski definition) is 2. The summed E-state index contributed by atoms with van der Waals surface area (Å²) >= 11 is 5.89. The summed E-state index contributed by atoms with van der Waals surface area (Å²) in [5.41, 5.74) is 6.00. The molecule has 1 aliphatic rings. The normalized spacial score (nSPS) is 17.0. The molecule has 1 fully saturated rings. The molecule has 0 radical (unpaired) electrons. The lowest BCUT2D eigenvalue weighted by Gasteiger charge is -2.29. The number of anilines is 2. The van der Waals surface area contributed by atoms with Gasteiger partial charge in [-0.25, -0.2) is 8.42 Å². The predicted molar refractivity (Wildman–Crippen MR) is 161 cm³/mol. The number of hydrogen-bond acceptors (Lipinski definition) is 6. The molecule has 4 aromatic rings. The van der Waals surface area contributed by atoms with Crippen molar-refractivity contribution in [2.45, 2.75) is 25.9 Å². The van der Waals surface area contributed by atoms with Gasteiger partial charge >= 0.3 is 0 Å². The van der Waals surface area contributed by atoms with Gasteiger partial charge in [0.1, 0.15) is 11.5 Å². The zero-order valence-electron chi connectivity index (χ0n) is 22.9. The summed E-state index contributed by atoms with van der Waals surface area (Å²) in [6, 6.07) is 20.7. The van der Waals surface area contributed by atoms with Gasteiger partial charge in [-0.15, -0.1) is 0 Å². The minimum atomic E-state index is -3.55. The van der Waals surface area contributed by atoms with Crippen molar-refractivity contribution in [3.63, 3.8) is 0 Å². The molecule has 208 valence electrons. The molecule has 0 amide bonds. The molecule has 2 aromatic carbocycles. The molecule has 0 saturated carbocycles. The van der Waals surface area contributed by atoms with Crippen molar-refractivity contribution >= 4 is 38.7 Å². The van der Waals surface area contributed by atoms with Crippen molar-refractivity contribution in [2.24, 2.45) is 0 Å². The zero-order chi connectivity index (χ0) is 28.6. The largest absolute Gasteiger partial charge is 0.497 e. The number of methoxy groups -OCH3 is 2. The van der Waals surface area contributed by atoms with Crippen LogP contribution in [0.5, 0.6) is 11.5 Å². The van der Waals surface area contributed by atoms with E-state index < -0.39 is 10.0 Å². The van der Waals surface area contributed by atoms with Gasteiger partial charge < -0.3 is 24.3 Å². The molecule has 0 spiro atoms. The van der Waals surface area contributed by atoms with Crippen LogP contribution in [0.1, 0.15) is 34.7 Å². The first-order valence-corrected chi connectivity index (χ1v) is 14.9. The maximum Gasteiger partial charge on any atom is 0.229 e. The molecule has 0 aliphatic carbocycles. The van der Waals surface area contributed by atoms with Gasteiger partial charge in [-0.2, -0.15) is 0 Å². The van der Waals surface area contributed by atoms with E-state index in [0.717, 1.165) is 40.3 Å². The number of nitrogens with zero attached hydrogens (tertiary/aromatic N) is 3. The SMILES string of the molecule is COc1cccc(-n2c(C)cc([C@@H]3[C@H](c4ccccn4)NC(=S)N3c3ccc(OC)c(NS(C)(=O)=O)c3)c2C)c1. The maximum absolute atomic E-state index is 12.1. The number of aromatic nitrogens is 2. The van der Waals surface area contributed by atoms with E-state index in [2.05, 4.69) is 39.5 Å². The summed E-state index contributed by atoms with van der Waals surface area (Å²) in [6.45, 7) is 4.15. The number of pyridine rings is 1. The fraction of sp³-hybridized carbons (Fsp3) is 0.241. The van der Waals surface area contributed by atoms with E-state index in [0.29, 0.717) is 22.2 Å². The molecule has 40 heavy (non-hydrogen) atoms. The standard InChI is InChI=1S/C29H31N5O4S2/c1-18-15-23(19(2)33(18)20-9-8-10-22(16-20)37-3)28-27(24-11-6-7-14-30-24)31-29(39)34(28)21-12-13-26(38-4)25(17-21)32-40(5,35)36/h6-17,27-28,32H,1-5H3,(H,31,39)/t27-,28+/m0/s1. The summed E-state index contributed by atoms with van der Waals surface area (Å²) in [5.74, 6) is 1.17.